The van der Waals surface area contributed by atoms with E-state index < -0.39 is 24.6 Å². The molecule has 0 spiro atoms. The van der Waals surface area contributed by atoms with Crippen molar-refractivity contribution in [3.05, 3.63) is 0 Å². The van der Waals surface area contributed by atoms with Crippen LogP contribution in [0.2, 0.25) is 0 Å². The van der Waals surface area contributed by atoms with E-state index in [0.29, 0.717) is 12.5 Å². The van der Waals surface area contributed by atoms with Crippen LogP contribution < -0.4 is 5.32 Å². The maximum atomic E-state index is 12.2. The summed E-state index contributed by atoms with van der Waals surface area (Å²) in [6.45, 7) is 5.64. The van der Waals surface area contributed by atoms with Gasteiger partial charge in [0.2, 0.25) is 0 Å². The molecule has 2 atom stereocenters. The minimum atomic E-state index is -4.69. The normalized spacial score (nSPS) is 16.2. The Balaban J connectivity index is 4.11. The molecular weight excluding hydrogens is 223 g/mol. The van der Waals surface area contributed by atoms with Crippen molar-refractivity contribution in [2.75, 3.05) is 13.1 Å². The largest absolute Gasteiger partial charge is 0.481 e. The van der Waals surface area contributed by atoms with Gasteiger partial charge in [-0.1, -0.05) is 20.8 Å². The maximum absolute atomic E-state index is 12.2. The number of halogens is 3. The van der Waals surface area contributed by atoms with Crippen molar-refractivity contribution >= 4 is 5.97 Å². The highest BCUT2D eigenvalue weighted by Crippen LogP contribution is 2.25. The second kappa shape index (κ2) is 6.08. The first-order valence-corrected chi connectivity index (χ1v) is 5.16. The first kappa shape index (κ1) is 15.2. The van der Waals surface area contributed by atoms with Crippen molar-refractivity contribution in [1.29, 1.82) is 0 Å². The average molecular weight is 241 g/mol. The summed E-state index contributed by atoms with van der Waals surface area (Å²) in [7, 11) is 0. The fraction of sp³-hybridized carbons (Fsp3) is 0.900. The molecule has 96 valence electrons. The molecule has 0 radical (unpaired) electrons. The summed E-state index contributed by atoms with van der Waals surface area (Å²) in [5.74, 6) is -3.60. The maximum Gasteiger partial charge on any atom is 0.403 e. The van der Waals surface area contributed by atoms with Gasteiger partial charge in [-0.3, -0.25) is 4.79 Å². The molecule has 0 fully saturated rings. The topological polar surface area (TPSA) is 49.3 Å². The van der Waals surface area contributed by atoms with Crippen LogP contribution in [-0.2, 0) is 4.79 Å². The Bertz CT molecular complexity index is 229. The number of rotatable bonds is 6. The Hall–Kier alpha value is -0.780. The van der Waals surface area contributed by atoms with Crippen molar-refractivity contribution in [2.45, 2.75) is 26.9 Å². The van der Waals surface area contributed by atoms with E-state index in [-0.39, 0.29) is 5.92 Å². The minimum Gasteiger partial charge on any atom is -0.481 e. The summed E-state index contributed by atoms with van der Waals surface area (Å²) in [5.41, 5.74) is 0. The van der Waals surface area contributed by atoms with Crippen LogP contribution in [0.4, 0.5) is 13.2 Å². The zero-order valence-electron chi connectivity index (χ0n) is 9.64. The molecular formula is C10H18F3NO2. The number of carboxylic acids is 1. The van der Waals surface area contributed by atoms with Crippen molar-refractivity contribution in [3.8, 4) is 0 Å². The van der Waals surface area contributed by atoms with Crippen molar-refractivity contribution in [2.24, 2.45) is 17.8 Å². The van der Waals surface area contributed by atoms with Crippen LogP contribution in [0.3, 0.4) is 0 Å². The molecule has 6 heteroatoms. The number of hydrogen-bond donors (Lipinski definition) is 2. The third-order valence-corrected chi connectivity index (χ3v) is 2.65. The molecule has 0 heterocycles. The van der Waals surface area contributed by atoms with E-state index >= 15 is 0 Å². The van der Waals surface area contributed by atoms with E-state index in [4.69, 9.17) is 5.11 Å². The average Bonchev–Trinajstić information content (AvgIpc) is 2.08. The Morgan fingerprint density at radius 2 is 1.75 bits per heavy atom. The van der Waals surface area contributed by atoms with Gasteiger partial charge in [0.25, 0.3) is 0 Å². The van der Waals surface area contributed by atoms with E-state index in [0.717, 1.165) is 0 Å². The highest BCUT2D eigenvalue weighted by Gasteiger charge is 2.44. The number of aliphatic carboxylic acids is 1. The number of carbonyl (C=O) groups is 1. The lowest BCUT2D eigenvalue weighted by molar-refractivity contribution is -0.192. The molecule has 0 aliphatic carbocycles. The smallest absolute Gasteiger partial charge is 0.403 e. The highest BCUT2D eigenvalue weighted by molar-refractivity contribution is 5.71. The predicted molar refractivity (Wildman–Crippen MR) is 54.1 cm³/mol. The monoisotopic (exact) mass is 241 g/mol. The lowest BCUT2D eigenvalue weighted by Crippen LogP contribution is -2.40. The molecule has 16 heavy (non-hydrogen) atoms. The van der Waals surface area contributed by atoms with Crippen LogP contribution in [0.25, 0.3) is 0 Å². The van der Waals surface area contributed by atoms with E-state index in [9.17, 15) is 18.0 Å². The van der Waals surface area contributed by atoms with Crippen LogP contribution in [0.1, 0.15) is 20.8 Å². The Morgan fingerprint density at radius 3 is 2.06 bits per heavy atom. The zero-order chi connectivity index (χ0) is 12.9. The summed E-state index contributed by atoms with van der Waals surface area (Å²) in [5, 5.41) is 11.0. The lowest BCUT2D eigenvalue weighted by Gasteiger charge is -2.20. The molecule has 3 nitrogen and oxygen atoms in total. The van der Waals surface area contributed by atoms with Gasteiger partial charge in [0.05, 0.1) is 0 Å². The highest BCUT2D eigenvalue weighted by atomic mass is 19.4. The van der Waals surface area contributed by atoms with Gasteiger partial charge in [-0.05, 0) is 18.4 Å². The van der Waals surface area contributed by atoms with Crippen LogP contribution >= 0.6 is 0 Å². The Labute approximate surface area is 93.0 Å². The van der Waals surface area contributed by atoms with Crippen LogP contribution in [0.15, 0.2) is 0 Å². The molecule has 2 N–H and O–H groups in total. The van der Waals surface area contributed by atoms with Crippen LogP contribution in [-0.4, -0.2) is 30.3 Å². The second-order valence-electron chi connectivity index (χ2n) is 4.31. The van der Waals surface area contributed by atoms with Gasteiger partial charge in [-0.25, -0.2) is 0 Å². The predicted octanol–water partition coefficient (Wildman–Crippen LogP) is 2.13. The second-order valence-corrected chi connectivity index (χ2v) is 4.31. The summed E-state index contributed by atoms with van der Waals surface area (Å²) in [4.78, 5) is 10.4. The number of carboxylic acid groups (broad SMARTS) is 1. The number of alkyl halides is 3. The standard InChI is InChI=1S/C10H18F3NO2/c1-6(2)7(3)4-14-5-8(9(15)16)10(11,12)13/h6-8,14H,4-5H2,1-3H3,(H,15,16). The Morgan fingerprint density at radius 1 is 1.25 bits per heavy atom. The zero-order valence-corrected chi connectivity index (χ0v) is 9.64. The van der Waals surface area contributed by atoms with E-state index in [1.165, 1.54) is 0 Å². The van der Waals surface area contributed by atoms with Crippen molar-refractivity contribution < 1.29 is 23.1 Å². The molecule has 0 aromatic carbocycles. The molecule has 0 aliphatic rings. The molecule has 0 aliphatic heterocycles. The van der Waals surface area contributed by atoms with Gasteiger partial charge in [0, 0.05) is 6.54 Å². The van der Waals surface area contributed by atoms with Crippen LogP contribution in [0.5, 0.6) is 0 Å². The quantitative estimate of drug-likeness (QED) is 0.749. The number of hydrogen-bond acceptors (Lipinski definition) is 2. The first-order valence-electron chi connectivity index (χ1n) is 5.16. The van der Waals surface area contributed by atoms with E-state index in [1.54, 1.807) is 0 Å². The molecule has 0 amide bonds. The summed E-state index contributed by atoms with van der Waals surface area (Å²) in [6.07, 6.45) is -4.69. The molecule has 0 rings (SSSR count). The minimum absolute atomic E-state index is 0.211. The summed E-state index contributed by atoms with van der Waals surface area (Å²) < 4.78 is 36.7. The SMILES string of the molecule is CC(C)C(C)CNCC(C(=O)O)C(F)(F)F. The van der Waals surface area contributed by atoms with Crippen molar-refractivity contribution in [3.63, 3.8) is 0 Å². The van der Waals surface area contributed by atoms with E-state index in [1.807, 2.05) is 20.8 Å². The van der Waals surface area contributed by atoms with Gasteiger partial charge in [-0.2, -0.15) is 13.2 Å². The molecule has 0 saturated heterocycles. The summed E-state index contributed by atoms with van der Waals surface area (Å²) in [6, 6.07) is 0. The van der Waals surface area contributed by atoms with Crippen LogP contribution in [0, 0.1) is 17.8 Å². The van der Waals surface area contributed by atoms with Crippen molar-refractivity contribution in [1.82, 2.24) is 5.32 Å². The third kappa shape index (κ3) is 5.34. The van der Waals surface area contributed by atoms with Gasteiger partial charge in [0.15, 0.2) is 5.92 Å². The fourth-order valence-electron chi connectivity index (χ4n) is 1.03. The van der Waals surface area contributed by atoms with E-state index in [2.05, 4.69) is 5.32 Å². The van der Waals surface area contributed by atoms with Gasteiger partial charge >= 0.3 is 12.1 Å². The molecule has 0 aromatic heterocycles. The molecule has 2 unspecified atom stereocenters. The lowest BCUT2D eigenvalue weighted by atomic mass is 9.98. The Kier molecular flexibility index (Phi) is 5.78. The first-order chi connectivity index (χ1) is 7.16. The number of nitrogens with one attached hydrogen (secondary N) is 1. The van der Waals surface area contributed by atoms with Gasteiger partial charge in [-0.15, -0.1) is 0 Å². The molecule has 0 bridgehead atoms. The van der Waals surface area contributed by atoms with Gasteiger partial charge < -0.3 is 10.4 Å². The van der Waals surface area contributed by atoms with Gasteiger partial charge in [0.1, 0.15) is 0 Å². The fourth-order valence-corrected chi connectivity index (χ4v) is 1.03. The summed E-state index contributed by atoms with van der Waals surface area (Å²) >= 11 is 0. The molecule has 0 aromatic rings. The third-order valence-electron chi connectivity index (χ3n) is 2.65. The molecule has 0 saturated carbocycles.